The minimum absolute atomic E-state index is 0.0775. The average Bonchev–Trinajstić information content (AvgIpc) is 2.20. The molecule has 0 radical (unpaired) electrons. The van der Waals surface area contributed by atoms with Gasteiger partial charge in [0.15, 0.2) is 0 Å². The van der Waals surface area contributed by atoms with E-state index in [2.05, 4.69) is 0 Å². The van der Waals surface area contributed by atoms with Crippen LogP contribution in [0.5, 0.6) is 5.75 Å². The molecule has 0 spiro atoms. The molecule has 0 saturated carbocycles. The topological polar surface area (TPSA) is 54.4 Å². The van der Waals surface area contributed by atoms with Crippen molar-refractivity contribution in [1.29, 1.82) is 0 Å². The molecule has 0 aliphatic rings. The highest BCUT2D eigenvalue weighted by Gasteiger charge is 2.18. The SMILES string of the molecule is CC(=O)C(CCc1ccc(O)cc1)C(C)=O. The summed E-state index contributed by atoms with van der Waals surface area (Å²) in [6, 6.07) is 6.80. The Balaban J connectivity index is 2.59. The zero-order valence-corrected chi connectivity index (χ0v) is 9.56. The van der Waals surface area contributed by atoms with E-state index in [4.69, 9.17) is 5.11 Å². The lowest BCUT2D eigenvalue weighted by Gasteiger charge is -2.09. The number of aromatic hydroxyl groups is 1. The van der Waals surface area contributed by atoms with Crippen molar-refractivity contribution in [3.8, 4) is 5.75 Å². The van der Waals surface area contributed by atoms with Gasteiger partial charge in [-0.1, -0.05) is 12.1 Å². The van der Waals surface area contributed by atoms with Crippen LogP contribution in [0.4, 0.5) is 0 Å². The summed E-state index contributed by atoms with van der Waals surface area (Å²) >= 11 is 0. The molecule has 1 aromatic carbocycles. The second kappa shape index (κ2) is 5.45. The number of phenolic OH excluding ortho intramolecular Hbond substituents is 1. The van der Waals surface area contributed by atoms with Gasteiger partial charge in [-0.2, -0.15) is 0 Å². The lowest BCUT2D eigenvalue weighted by molar-refractivity contribution is -0.130. The lowest BCUT2D eigenvalue weighted by Crippen LogP contribution is -2.20. The van der Waals surface area contributed by atoms with E-state index in [1.807, 2.05) is 0 Å². The van der Waals surface area contributed by atoms with Gasteiger partial charge in [0.25, 0.3) is 0 Å². The predicted molar refractivity (Wildman–Crippen MR) is 61.3 cm³/mol. The summed E-state index contributed by atoms with van der Waals surface area (Å²) in [5, 5.41) is 9.10. The molecule has 1 aromatic rings. The van der Waals surface area contributed by atoms with Crippen LogP contribution in [0.3, 0.4) is 0 Å². The van der Waals surface area contributed by atoms with Crippen molar-refractivity contribution >= 4 is 11.6 Å². The van der Waals surface area contributed by atoms with Gasteiger partial charge in [-0.05, 0) is 44.4 Å². The van der Waals surface area contributed by atoms with Crippen molar-refractivity contribution in [2.24, 2.45) is 5.92 Å². The van der Waals surface area contributed by atoms with Crippen molar-refractivity contribution in [3.05, 3.63) is 29.8 Å². The minimum atomic E-state index is -0.492. The zero-order chi connectivity index (χ0) is 12.1. The van der Waals surface area contributed by atoms with E-state index >= 15 is 0 Å². The molecule has 0 fully saturated rings. The summed E-state index contributed by atoms with van der Waals surface area (Å²) in [5.74, 6) is -0.426. The van der Waals surface area contributed by atoms with E-state index in [9.17, 15) is 9.59 Å². The molecule has 3 heteroatoms. The van der Waals surface area contributed by atoms with Crippen molar-refractivity contribution < 1.29 is 14.7 Å². The molecule has 16 heavy (non-hydrogen) atoms. The highest BCUT2D eigenvalue weighted by atomic mass is 16.3. The Labute approximate surface area is 95.1 Å². The zero-order valence-electron chi connectivity index (χ0n) is 9.56. The number of benzene rings is 1. The lowest BCUT2D eigenvalue weighted by atomic mass is 9.93. The number of carbonyl (C=O) groups excluding carboxylic acids is 2. The van der Waals surface area contributed by atoms with Crippen molar-refractivity contribution in [2.45, 2.75) is 26.7 Å². The van der Waals surface area contributed by atoms with Crippen molar-refractivity contribution in [1.82, 2.24) is 0 Å². The highest BCUT2D eigenvalue weighted by Crippen LogP contribution is 2.15. The Bertz CT molecular complexity index is 365. The van der Waals surface area contributed by atoms with Crippen LogP contribution < -0.4 is 0 Å². The summed E-state index contributed by atoms with van der Waals surface area (Å²) in [4.78, 5) is 22.4. The molecular weight excluding hydrogens is 204 g/mol. The standard InChI is InChI=1S/C13H16O3/c1-9(14)13(10(2)15)8-5-11-3-6-12(16)7-4-11/h3-4,6-7,13,16H,5,8H2,1-2H3. The van der Waals surface area contributed by atoms with Gasteiger partial charge in [0.2, 0.25) is 0 Å². The Morgan fingerprint density at radius 2 is 1.62 bits per heavy atom. The van der Waals surface area contributed by atoms with Gasteiger partial charge >= 0.3 is 0 Å². The maximum absolute atomic E-state index is 11.2. The van der Waals surface area contributed by atoms with Gasteiger partial charge in [0.1, 0.15) is 17.3 Å². The van der Waals surface area contributed by atoms with E-state index in [0.29, 0.717) is 12.8 Å². The summed E-state index contributed by atoms with van der Waals surface area (Å²) in [6.45, 7) is 2.89. The van der Waals surface area contributed by atoms with Gasteiger partial charge in [-0.15, -0.1) is 0 Å². The molecule has 0 heterocycles. The van der Waals surface area contributed by atoms with E-state index in [0.717, 1.165) is 5.56 Å². The fourth-order valence-electron chi connectivity index (χ4n) is 1.67. The summed E-state index contributed by atoms with van der Waals surface area (Å²) in [7, 11) is 0. The Hall–Kier alpha value is -1.64. The first-order valence-electron chi connectivity index (χ1n) is 5.29. The summed E-state index contributed by atoms with van der Waals surface area (Å²) in [6.07, 6.45) is 1.21. The van der Waals surface area contributed by atoms with Crippen LogP contribution in [-0.4, -0.2) is 16.7 Å². The molecule has 86 valence electrons. The van der Waals surface area contributed by atoms with Crippen LogP contribution in [0.1, 0.15) is 25.8 Å². The number of hydrogen-bond acceptors (Lipinski definition) is 3. The molecule has 1 rings (SSSR count). The second-order valence-corrected chi connectivity index (χ2v) is 3.98. The molecule has 0 aliphatic carbocycles. The second-order valence-electron chi connectivity index (χ2n) is 3.98. The first kappa shape index (κ1) is 12.4. The number of rotatable bonds is 5. The number of ketones is 2. The van der Waals surface area contributed by atoms with E-state index in [1.54, 1.807) is 24.3 Å². The van der Waals surface area contributed by atoms with Crippen molar-refractivity contribution in [2.75, 3.05) is 0 Å². The van der Waals surface area contributed by atoms with Crippen LogP contribution in [0.25, 0.3) is 0 Å². The Morgan fingerprint density at radius 3 is 2.06 bits per heavy atom. The Kier molecular flexibility index (Phi) is 4.23. The third kappa shape index (κ3) is 3.50. The molecular formula is C13H16O3. The highest BCUT2D eigenvalue weighted by molar-refractivity contribution is 6.00. The number of Topliss-reactive ketones (excluding diaryl/α,β-unsaturated/α-hetero) is 2. The fourth-order valence-corrected chi connectivity index (χ4v) is 1.67. The third-order valence-corrected chi connectivity index (χ3v) is 2.64. The average molecular weight is 220 g/mol. The first-order valence-corrected chi connectivity index (χ1v) is 5.29. The Morgan fingerprint density at radius 1 is 1.12 bits per heavy atom. The third-order valence-electron chi connectivity index (χ3n) is 2.64. The number of aryl methyl sites for hydroxylation is 1. The van der Waals surface area contributed by atoms with Crippen LogP contribution in [0.15, 0.2) is 24.3 Å². The van der Waals surface area contributed by atoms with Gasteiger partial charge in [0, 0.05) is 0 Å². The van der Waals surface area contributed by atoms with E-state index in [1.165, 1.54) is 13.8 Å². The van der Waals surface area contributed by atoms with E-state index < -0.39 is 5.92 Å². The smallest absolute Gasteiger partial charge is 0.140 e. The van der Waals surface area contributed by atoms with Crippen molar-refractivity contribution in [3.63, 3.8) is 0 Å². The molecule has 0 atom stereocenters. The largest absolute Gasteiger partial charge is 0.508 e. The monoisotopic (exact) mass is 220 g/mol. The first-order chi connectivity index (χ1) is 7.50. The molecule has 0 unspecified atom stereocenters. The molecule has 0 amide bonds. The summed E-state index contributed by atoms with van der Waals surface area (Å²) in [5.41, 5.74) is 1.02. The van der Waals surface area contributed by atoms with Crippen LogP contribution in [0.2, 0.25) is 0 Å². The van der Waals surface area contributed by atoms with Crippen LogP contribution in [-0.2, 0) is 16.0 Å². The quantitative estimate of drug-likeness (QED) is 0.773. The summed E-state index contributed by atoms with van der Waals surface area (Å²) < 4.78 is 0. The van der Waals surface area contributed by atoms with Gasteiger partial charge in [-0.25, -0.2) is 0 Å². The molecule has 3 nitrogen and oxygen atoms in total. The van der Waals surface area contributed by atoms with Gasteiger partial charge < -0.3 is 5.11 Å². The molecule has 0 aliphatic heterocycles. The van der Waals surface area contributed by atoms with E-state index in [-0.39, 0.29) is 17.3 Å². The minimum Gasteiger partial charge on any atom is -0.508 e. The fraction of sp³-hybridized carbons (Fsp3) is 0.385. The van der Waals surface area contributed by atoms with Gasteiger partial charge in [0.05, 0.1) is 5.92 Å². The molecule has 0 saturated heterocycles. The number of carbonyl (C=O) groups is 2. The molecule has 0 bridgehead atoms. The maximum atomic E-state index is 11.2. The molecule has 0 aromatic heterocycles. The molecule has 1 N–H and O–H groups in total. The number of hydrogen-bond donors (Lipinski definition) is 1. The maximum Gasteiger partial charge on any atom is 0.140 e. The predicted octanol–water partition coefficient (Wildman–Crippen LogP) is 2.12. The number of phenols is 1. The van der Waals surface area contributed by atoms with Gasteiger partial charge in [-0.3, -0.25) is 9.59 Å². The normalized spacial score (nSPS) is 10.4. The van der Waals surface area contributed by atoms with Crippen LogP contribution in [0, 0.1) is 5.92 Å². The van der Waals surface area contributed by atoms with Crippen LogP contribution >= 0.6 is 0 Å².